The van der Waals surface area contributed by atoms with Gasteiger partial charge in [0.05, 0.1) is 6.10 Å². The predicted molar refractivity (Wildman–Crippen MR) is 50.6 cm³/mol. The highest BCUT2D eigenvalue weighted by atomic mass is 16.3. The summed E-state index contributed by atoms with van der Waals surface area (Å²) < 4.78 is 0. The second-order valence-corrected chi connectivity index (χ2v) is 3.53. The fourth-order valence-electron chi connectivity index (χ4n) is 1.68. The summed E-state index contributed by atoms with van der Waals surface area (Å²) >= 11 is 0. The Morgan fingerprint density at radius 1 is 1.67 bits per heavy atom. The molecule has 1 rings (SSSR count). The monoisotopic (exact) mass is 164 g/mol. The molecule has 1 saturated carbocycles. The maximum atomic E-state index is 9.49. The average molecular weight is 164 g/mol. The van der Waals surface area contributed by atoms with Gasteiger partial charge < -0.3 is 5.11 Å². The van der Waals surface area contributed by atoms with Crippen molar-refractivity contribution in [2.24, 2.45) is 5.92 Å². The first kappa shape index (κ1) is 9.35. The summed E-state index contributed by atoms with van der Waals surface area (Å²) in [5.74, 6) is 3.04. The number of rotatable bonds is 2. The lowest BCUT2D eigenvalue weighted by Gasteiger charge is -2.10. The fourth-order valence-corrected chi connectivity index (χ4v) is 1.68. The molecule has 0 amide bonds. The highest BCUT2D eigenvalue weighted by Crippen LogP contribution is 2.28. The van der Waals surface area contributed by atoms with Gasteiger partial charge in [0.1, 0.15) is 0 Å². The zero-order valence-electron chi connectivity index (χ0n) is 7.59. The first-order valence-electron chi connectivity index (χ1n) is 4.55. The van der Waals surface area contributed by atoms with Gasteiger partial charge >= 0.3 is 0 Å². The van der Waals surface area contributed by atoms with Gasteiger partial charge in [0.2, 0.25) is 0 Å². The average Bonchev–Trinajstić information content (AvgIpc) is 2.47. The van der Waals surface area contributed by atoms with E-state index in [1.807, 2.05) is 6.92 Å². The van der Waals surface area contributed by atoms with E-state index < -0.39 is 0 Å². The molecule has 1 fully saturated rings. The molecular weight excluding hydrogens is 148 g/mol. The van der Waals surface area contributed by atoms with Gasteiger partial charge in [0.25, 0.3) is 0 Å². The largest absolute Gasteiger partial charge is 0.393 e. The summed E-state index contributed by atoms with van der Waals surface area (Å²) in [5.41, 5.74) is 0.981. The van der Waals surface area contributed by atoms with Gasteiger partial charge in [-0.15, -0.1) is 6.42 Å². The molecule has 12 heavy (non-hydrogen) atoms. The third-order valence-electron chi connectivity index (χ3n) is 2.57. The molecule has 1 N–H and O–H groups in total. The van der Waals surface area contributed by atoms with E-state index in [-0.39, 0.29) is 6.10 Å². The molecule has 1 heteroatoms. The SMILES string of the molecule is C#C/C(C)=C/CC1CCCC1O. The zero-order valence-corrected chi connectivity index (χ0v) is 7.59. The predicted octanol–water partition coefficient (Wildman–Crippen LogP) is 2.12. The van der Waals surface area contributed by atoms with Crippen molar-refractivity contribution in [3.05, 3.63) is 11.6 Å². The quantitative estimate of drug-likeness (QED) is 0.620. The van der Waals surface area contributed by atoms with E-state index in [4.69, 9.17) is 6.42 Å². The molecule has 0 aromatic carbocycles. The minimum absolute atomic E-state index is 0.0909. The Bertz CT molecular complexity index is 210. The van der Waals surface area contributed by atoms with Crippen LogP contribution < -0.4 is 0 Å². The third-order valence-corrected chi connectivity index (χ3v) is 2.57. The first-order chi connectivity index (χ1) is 5.74. The normalized spacial score (nSPS) is 30.2. The van der Waals surface area contributed by atoms with Crippen LogP contribution in [0.3, 0.4) is 0 Å². The fraction of sp³-hybridized carbons (Fsp3) is 0.636. The van der Waals surface area contributed by atoms with Gasteiger partial charge in [-0.3, -0.25) is 0 Å². The van der Waals surface area contributed by atoms with Gasteiger partial charge in [0.15, 0.2) is 0 Å². The second kappa shape index (κ2) is 4.33. The molecule has 2 atom stereocenters. The van der Waals surface area contributed by atoms with Crippen LogP contribution >= 0.6 is 0 Å². The molecule has 0 aromatic heterocycles. The van der Waals surface area contributed by atoms with E-state index in [1.54, 1.807) is 0 Å². The van der Waals surface area contributed by atoms with Crippen LogP contribution in [0.2, 0.25) is 0 Å². The topological polar surface area (TPSA) is 20.2 Å². The van der Waals surface area contributed by atoms with Crippen LogP contribution in [0.4, 0.5) is 0 Å². The van der Waals surface area contributed by atoms with Gasteiger partial charge in [-0.05, 0) is 37.7 Å². The molecule has 2 unspecified atom stereocenters. The summed E-state index contributed by atoms with van der Waals surface area (Å²) in [7, 11) is 0. The van der Waals surface area contributed by atoms with E-state index >= 15 is 0 Å². The lowest BCUT2D eigenvalue weighted by molar-refractivity contribution is 0.134. The van der Waals surface area contributed by atoms with Crippen molar-refractivity contribution in [2.75, 3.05) is 0 Å². The summed E-state index contributed by atoms with van der Waals surface area (Å²) in [4.78, 5) is 0. The lowest BCUT2D eigenvalue weighted by Crippen LogP contribution is -2.11. The van der Waals surface area contributed by atoms with Crippen LogP contribution in [0, 0.1) is 18.3 Å². The Balaban J connectivity index is 2.37. The molecule has 1 aliphatic carbocycles. The van der Waals surface area contributed by atoms with Crippen molar-refractivity contribution < 1.29 is 5.11 Å². The Kier molecular flexibility index (Phi) is 3.37. The van der Waals surface area contributed by atoms with Crippen molar-refractivity contribution in [2.45, 2.75) is 38.7 Å². The Labute approximate surface area is 74.5 Å². The zero-order chi connectivity index (χ0) is 8.97. The maximum absolute atomic E-state index is 9.49. The molecule has 0 saturated heterocycles. The van der Waals surface area contributed by atoms with Crippen LogP contribution in [0.1, 0.15) is 32.6 Å². The van der Waals surface area contributed by atoms with Crippen molar-refractivity contribution in [1.82, 2.24) is 0 Å². The van der Waals surface area contributed by atoms with Crippen molar-refractivity contribution >= 4 is 0 Å². The number of hydrogen-bond acceptors (Lipinski definition) is 1. The number of hydrogen-bond donors (Lipinski definition) is 1. The highest BCUT2D eigenvalue weighted by molar-refractivity contribution is 5.22. The van der Waals surface area contributed by atoms with Crippen LogP contribution in [-0.4, -0.2) is 11.2 Å². The molecule has 1 nitrogen and oxygen atoms in total. The van der Waals surface area contributed by atoms with Gasteiger partial charge in [-0.2, -0.15) is 0 Å². The van der Waals surface area contributed by atoms with Gasteiger partial charge in [-0.1, -0.05) is 18.4 Å². The van der Waals surface area contributed by atoms with Gasteiger partial charge in [0, 0.05) is 0 Å². The van der Waals surface area contributed by atoms with E-state index in [1.165, 1.54) is 0 Å². The molecule has 0 aliphatic heterocycles. The molecule has 0 bridgehead atoms. The van der Waals surface area contributed by atoms with Crippen LogP contribution in [0.15, 0.2) is 11.6 Å². The number of terminal acetylenes is 1. The van der Waals surface area contributed by atoms with Crippen LogP contribution in [0.5, 0.6) is 0 Å². The maximum Gasteiger partial charge on any atom is 0.0571 e. The summed E-state index contributed by atoms with van der Waals surface area (Å²) in [6.07, 6.45) is 11.4. The van der Waals surface area contributed by atoms with Gasteiger partial charge in [-0.25, -0.2) is 0 Å². The molecule has 0 aromatic rings. The molecule has 0 spiro atoms. The minimum Gasteiger partial charge on any atom is -0.393 e. The minimum atomic E-state index is -0.0909. The number of aliphatic hydroxyl groups is 1. The molecule has 0 radical (unpaired) electrons. The summed E-state index contributed by atoms with van der Waals surface area (Å²) in [6, 6.07) is 0. The molecule has 0 heterocycles. The van der Waals surface area contributed by atoms with Crippen LogP contribution in [-0.2, 0) is 0 Å². The first-order valence-corrected chi connectivity index (χ1v) is 4.55. The molecular formula is C11H16O. The standard InChI is InChI=1S/C11H16O/c1-3-9(2)7-8-10-5-4-6-11(10)12/h1,7,10-12H,4-6,8H2,2H3/b9-7+. The highest BCUT2D eigenvalue weighted by Gasteiger charge is 2.23. The Morgan fingerprint density at radius 2 is 2.42 bits per heavy atom. The number of allylic oxidation sites excluding steroid dienone is 2. The van der Waals surface area contributed by atoms with Crippen molar-refractivity contribution in [3.8, 4) is 12.3 Å². The molecule has 1 aliphatic rings. The number of aliphatic hydroxyl groups excluding tert-OH is 1. The van der Waals surface area contributed by atoms with E-state index in [0.717, 1.165) is 31.3 Å². The molecule has 66 valence electrons. The lowest BCUT2D eigenvalue weighted by atomic mass is 10.0. The van der Waals surface area contributed by atoms with Crippen molar-refractivity contribution in [1.29, 1.82) is 0 Å². The third kappa shape index (κ3) is 2.39. The van der Waals surface area contributed by atoms with Crippen LogP contribution in [0.25, 0.3) is 0 Å². The Morgan fingerprint density at radius 3 is 2.92 bits per heavy atom. The Hall–Kier alpha value is -0.740. The second-order valence-electron chi connectivity index (χ2n) is 3.53. The summed E-state index contributed by atoms with van der Waals surface area (Å²) in [6.45, 7) is 1.93. The van der Waals surface area contributed by atoms with E-state index in [9.17, 15) is 5.11 Å². The van der Waals surface area contributed by atoms with E-state index in [0.29, 0.717) is 5.92 Å². The smallest absolute Gasteiger partial charge is 0.0571 e. The van der Waals surface area contributed by atoms with E-state index in [2.05, 4.69) is 12.0 Å². The van der Waals surface area contributed by atoms with Crippen molar-refractivity contribution in [3.63, 3.8) is 0 Å². The summed E-state index contributed by atoms with van der Waals surface area (Å²) in [5, 5.41) is 9.49.